The number of ether oxygens (including phenoxy) is 1. The fraction of sp³-hybridized carbons (Fsp3) is 0.750. The van der Waals surface area contributed by atoms with Crippen LogP contribution in [0.15, 0.2) is 6.20 Å². The third-order valence-electron chi connectivity index (χ3n) is 4.07. The first-order valence-corrected chi connectivity index (χ1v) is 7.95. The van der Waals surface area contributed by atoms with E-state index in [1.807, 2.05) is 38.7 Å². The maximum atomic E-state index is 11.8. The summed E-state index contributed by atoms with van der Waals surface area (Å²) in [5, 5.41) is 10.8. The first kappa shape index (κ1) is 16.8. The lowest BCUT2D eigenvalue weighted by molar-refractivity contribution is 0.0505. The molecule has 1 heterocycles. The predicted octanol–water partition coefficient (Wildman–Crippen LogP) is 2.26. The minimum absolute atomic E-state index is 0.197. The normalized spacial score (nSPS) is 21.9. The van der Waals surface area contributed by atoms with Crippen LogP contribution >= 0.6 is 0 Å². The number of nitrogens with one attached hydrogen (secondary N) is 2. The van der Waals surface area contributed by atoms with Crippen molar-refractivity contribution in [3.8, 4) is 0 Å². The number of nitrogens with zero attached hydrogens (tertiary/aromatic N) is 2. The molecule has 2 rings (SSSR count). The van der Waals surface area contributed by atoms with Crippen LogP contribution < -0.4 is 10.6 Å². The van der Waals surface area contributed by atoms with E-state index in [0.29, 0.717) is 6.04 Å². The molecule has 0 bridgehead atoms. The van der Waals surface area contributed by atoms with Gasteiger partial charge in [0.15, 0.2) is 0 Å². The van der Waals surface area contributed by atoms with Crippen LogP contribution in [0, 0.1) is 6.92 Å². The van der Waals surface area contributed by atoms with Gasteiger partial charge in [0.2, 0.25) is 0 Å². The van der Waals surface area contributed by atoms with Crippen molar-refractivity contribution in [2.75, 3.05) is 0 Å². The van der Waals surface area contributed by atoms with Gasteiger partial charge in [-0.15, -0.1) is 0 Å². The number of rotatable bonds is 4. The number of alkyl carbamates (subject to hydrolysis) is 1. The zero-order valence-corrected chi connectivity index (χ0v) is 14.3. The van der Waals surface area contributed by atoms with Crippen molar-refractivity contribution in [1.82, 2.24) is 20.4 Å². The highest BCUT2D eigenvalue weighted by Gasteiger charge is 2.27. The molecule has 1 fully saturated rings. The lowest BCUT2D eigenvalue weighted by Gasteiger charge is -2.21. The molecule has 0 radical (unpaired) electrons. The Bertz CT molecular complexity index is 519. The zero-order chi connectivity index (χ0) is 16.3. The van der Waals surface area contributed by atoms with E-state index < -0.39 is 5.60 Å². The number of amides is 1. The summed E-state index contributed by atoms with van der Waals surface area (Å²) in [4.78, 5) is 11.8. The fourth-order valence-electron chi connectivity index (χ4n) is 2.74. The second-order valence-electron chi connectivity index (χ2n) is 7.11. The van der Waals surface area contributed by atoms with Gasteiger partial charge >= 0.3 is 6.09 Å². The Morgan fingerprint density at radius 3 is 2.68 bits per heavy atom. The summed E-state index contributed by atoms with van der Waals surface area (Å²) in [7, 11) is 1.95. The molecule has 0 aromatic carbocycles. The first-order chi connectivity index (χ1) is 10.2. The average Bonchev–Trinajstić information content (AvgIpc) is 2.94. The van der Waals surface area contributed by atoms with Gasteiger partial charge in [0.05, 0.1) is 6.20 Å². The standard InChI is InChI=1S/C16H28N4O2/c1-11-12(10-18-20(11)5)9-17-13-6-7-14(8-13)19-15(21)22-16(2,3)4/h10,13-14,17H,6-9H2,1-5H3,(H,19,21). The number of carbonyl (C=O) groups excluding carboxylic acids is 1. The van der Waals surface area contributed by atoms with Gasteiger partial charge in [0.1, 0.15) is 5.60 Å². The second kappa shape index (κ2) is 6.69. The maximum Gasteiger partial charge on any atom is 0.407 e. The average molecular weight is 308 g/mol. The van der Waals surface area contributed by atoms with Crippen LogP contribution in [0.4, 0.5) is 4.79 Å². The summed E-state index contributed by atoms with van der Waals surface area (Å²) < 4.78 is 7.19. The Balaban J connectivity index is 1.74. The third-order valence-corrected chi connectivity index (χ3v) is 4.07. The first-order valence-electron chi connectivity index (χ1n) is 7.95. The summed E-state index contributed by atoms with van der Waals surface area (Å²) >= 11 is 0. The van der Waals surface area contributed by atoms with Crippen LogP contribution in [0.1, 0.15) is 51.3 Å². The van der Waals surface area contributed by atoms with E-state index in [4.69, 9.17) is 4.74 Å². The highest BCUT2D eigenvalue weighted by atomic mass is 16.6. The number of aromatic nitrogens is 2. The molecule has 2 atom stereocenters. The monoisotopic (exact) mass is 308 g/mol. The van der Waals surface area contributed by atoms with Crippen molar-refractivity contribution < 1.29 is 9.53 Å². The van der Waals surface area contributed by atoms with Gasteiger partial charge in [-0.3, -0.25) is 4.68 Å². The topological polar surface area (TPSA) is 68.2 Å². The van der Waals surface area contributed by atoms with Crippen molar-refractivity contribution in [3.05, 3.63) is 17.5 Å². The van der Waals surface area contributed by atoms with Crippen molar-refractivity contribution in [3.63, 3.8) is 0 Å². The van der Waals surface area contributed by atoms with E-state index in [-0.39, 0.29) is 12.1 Å². The zero-order valence-electron chi connectivity index (χ0n) is 14.3. The minimum atomic E-state index is -0.446. The Kier molecular flexibility index (Phi) is 5.11. The fourth-order valence-corrected chi connectivity index (χ4v) is 2.74. The summed E-state index contributed by atoms with van der Waals surface area (Å²) in [6.45, 7) is 8.53. The van der Waals surface area contributed by atoms with E-state index in [1.165, 1.54) is 11.3 Å². The van der Waals surface area contributed by atoms with Gasteiger partial charge in [0, 0.05) is 36.9 Å². The molecule has 2 N–H and O–H groups in total. The van der Waals surface area contributed by atoms with Gasteiger partial charge < -0.3 is 15.4 Å². The Morgan fingerprint density at radius 2 is 2.09 bits per heavy atom. The third kappa shape index (κ3) is 4.73. The maximum absolute atomic E-state index is 11.8. The molecule has 22 heavy (non-hydrogen) atoms. The number of hydrogen-bond donors (Lipinski definition) is 2. The van der Waals surface area contributed by atoms with Crippen molar-refractivity contribution >= 4 is 6.09 Å². The molecule has 6 nitrogen and oxygen atoms in total. The molecule has 0 spiro atoms. The molecule has 1 aliphatic carbocycles. The van der Waals surface area contributed by atoms with Crippen molar-refractivity contribution in [1.29, 1.82) is 0 Å². The molecule has 6 heteroatoms. The Hall–Kier alpha value is -1.56. The second-order valence-corrected chi connectivity index (χ2v) is 7.11. The van der Waals surface area contributed by atoms with E-state index in [1.54, 1.807) is 0 Å². The molecular weight excluding hydrogens is 280 g/mol. The van der Waals surface area contributed by atoms with E-state index >= 15 is 0 Å². The van der Waals surface area contributed by atoms with Crippen molar-refractivity contribution in [2.24, 2.45) is 7.05 Å². The number of carbonyl (C=O) groups is 1. The van der Waals surface area contributed by atoms with E-state index in [9.17, 15) is 4.79 Å². The molecule has 1 aromatic heterocycles. The molecule has 1 saturated carbocycles. The summed E-state index contributed by atoms with van der Waals surface area (Å²) in [6.07, 6.45) is 4.59. The molecular formula is C16H28N4O2. The Morgan fingerprint density at radius 1 is 1.41 bits per heavy atom. The van der Waals surface area contributed by atoms with Gasteiger partial charge in [-0.05, 0) is 47.0 Å². The number of aryl methyl sites for hydroxylation is 1. The lowest BCUT2D eigenvalue weighted by atomic mass is 10.2. The molecule has 1 amide bonds. The summed E-state index contributed by atoms with van der Waals surface area (Å²) in [5.74, 6) is 0. The SMILES string of the molecule is Cc1c(CNC2CCC(NC(=O)OC(C)(C)C)C2)cnn1C. The quantitative estimate of drug-likeness (QED) is 0.895. The molecule has 1 aromatic rings. The molecule has 1 aliphatic rings. The van der Waals surface area contributed by atoms with Crippen LogP contribution in [-0.4, -0.2) is 33.6 Å². The number of hydrogen-bond acceptors (Lipinski definition) is 4. The Labute approximate surface area is 132 Å². The molecule has 124 valence electrons. The predicted molar refractivity (Wildman–Crippen MR) is 85.6 cm³/mol. The van der Waals surface area contributed by atoms with Crippen LogP contribution in [0.25, 0.3) is 0 Å². The van der Waals surface area contributed by atoms with Gasteiger partial charge in [0.25, 0.3) is 0 Å². The molecule has 2 unspecified atom stereocenters. The van der Waals surface area contributed by atoms with E-state index in [0.717, 1.165) is 25.8 Å². The van der Waals surface area contributed by atoms with Gasteiger partial charge in [-0.25, -0.2) is 4.79 Å². The van der Waals surface area contributed by atoms with Crippen LogP contribution in [0.2, 0.25) is 0 Å². The van der Waals surface area contributed by atoms with Gasteiger partial charge in [-0.1, -0.05) is 0 Å². The van der Waals surface area contributed by atoms with Crippen molar-refractivity contribution in [2.45, 2.75) is 71.2 Å². The highest BCUT2D eigenvalue weighted by Crippen LogP contribution is 2.20. The van der Waals surface area contributed by atoms with Crippen LogP contribution in [0.3, 0.4) is 0 Å². The smallest absolute Gasteiger partial charge is 0.407 e. The largest absolute Gasteiger partial charge is 0.444 e. The lowest BCUT2D eigenvalue weighted by Crippen LogP contribution is -2.38. The summed E-state index contributed by atoms with van der Waals surface area (Å²) in [5.41, 5.74) is 1.97. The molecule has 0 aliphatic heterocycles. The van der Waals surface area contributed by atoms with E-state index in [2.05, 4.69) is 22.7 Å². The highest BCUT2D eigenvalue weighted by molar-refractivity contribution is 5.68. The molecule has 0 saturated heterocycles. The van der Waals surface area contributed by atoms with Crippen LogP contribution in [-0.2, 0) is 18.3 Å². The van der Waals surface area contributed by atoms with Gasteiger partial charge in [-0.2, -0.15) is 5.10 Å². The summed E-state index contributed by atoms with van der Waals surface area (Å²) in [6, 6.07) is 0.627. The minimum Gasteiger partial charge on any atom is -0.444 e. The van der Waals surface area contributed by atoms with Crippen LogP contribution in [0.5, 0.6) is 0 Å².